The van der Waals surface area contributed by atoms with Crippen LogP contribution >= 0.6 is 11.6 Å². The fourth-order valence-corrected chi connectivity index (χ4v) is 2.87. The van der Waals surface area contributed by atoms with Gasteiger partial charge in [0.1, 0.15) is 0 Å². The second kappa shape index (κ2) is 7.51. The summed E-state index contributed by atoms with van der Waals surface area (Å²) in [5, 5.41) is 12.3. The third kappa shape index (κ3) is 3.29. The summed E-state index contributed by atoms with van der Waals surface area (Å²) in [5.41, 5.74) is 0.547. The largest absolute Gasteiger partial charge is 0.494 e. The first-order valence-electron chi connectivity index (χ1n) is 7.75. The Labute approximate surface area is 149 Å². The van der Waals surface area contributed by atoms with E-state index in [0.717, 1.165) is 0 Å². The zero-order valence-corrected chi connectivity index (χ0v) is 14.4. The Balaban J connectivity index is 2.30. The lowest BCUT2D eigenvalue weighted by atomic mass is 10.1. The van der Waals surface area contributed by atoms with Gasteiger partial charge in [-0.25, -0.2) is 4.57 Å². The molecule has 0 atom stereocenters. The van der Waals surface area contributed by atoms with Crippen molar-refractivity contribution in [2.75, 3.05) is 20.3 Å². The third-order valence-electron chi connectivity index (χ3n) is 3.84. The van der Waals surface area contributed by atoms with Gasteiger partial charge in [0, 0.05) is 24.1 Å². The van der Waals surface area contributed by atoms with Crippen molar-refractivity contribution in [2.24, 2.45) is 4.99 Å². The van der Waals surface area contributed by atoms with Crippen molar-refractivity contribution in [3.8, 4) is 11.6 Å². The molecule has 0 amide bonds. The molecule has 25 heavy (non-hydrogen) atoms. The van der Waals surface area contributed by atoms with Gasteiger partial charge >= 0.3 is 0 Å². The Morgan fingerprint density at radius 3 is 2.56 bits per heavy atom. The van der Waals surface area contributed by atoms with E-state index in [1.807, 2.05) is 6.07 Å². The van der Waals surface area contributed by atoms with Crippen molar-refractivity contribution in [2.45, 2.75) is 0 Å². The van der Waals surface area contributed by atoms with Gasteiger partial charge in [-0.2, -0.15) is 0 Å². The fraction of sp³-hybridized carbons (Fsp3) is 0.158. The number of benzene rings is 2. The predicted octanol–water partition coefficient (Wildman–Crippen LogP) is 3.42. The number of halogens is 1. The molecule has 0 radical (unpaired) electrons. The number of fused-ring (bicyclic) bond motifs is 1. The van der Waals surface area contributed by atoms with Crippen LogP contribution in [0.4, 0.5) is 0 Å². The lowest BCUT2D eigenvalue weighted by Crippen LogP contribution is -2.20. The molecule has 6 heteroatoms. The van der Waals surface area contributed by atoms with Crippen LogP contribution in [-0.2, 0) is 4.74 Å². The Kier molecular flexibility index (Phi) is 5.16. The topological polar surface area (TPSA) is 63.8 Å². The minimum absolute atomic E-state index is 0.196. The van der Waals surface area contributed by atoms with E-state index in [-0.39, 0.29) is 11.4 Å². The number of aromatic hydroxyl groups is 1. The molecule has 1 heterocycles. The molecule has 0 bridgehead atoms. The molecule has 3 rings (SSSR count). The van der Waals surface area contributed by atoms with E-state index in [1.165, 1.54) is 4.57 Å². The van der Waals surface area contributed by atoms with E-state index in [4.69, 9.17) is 16.3 Å². The smallest absolute Gasteiger partial charge is 0.265 e. The number of methoxy groups -OCH3 is 1. The lowest BCUT2D eigenvalue weighted by molar-refractivity contribution is 0.208. The van der Waals surface area contributed by atoms with Crippen LogP contribution in [0.25, 0.3) is 16.5 Å². The molecule has 0 saturated carbocycles. The van der Waals surface area contributed by atoms with E-state index in [1.54, 1.807) is 55.8 Å². The quantitative estimate of drug-likeness (QED) is 0.562. The molecule has 128 valence electrons. The highest BCUT2D eigenvalue weighted by molar-refractivity contribution is 6.32. The SMILES string of the molecule is COCCN=Cc1c(O)n(-c2ccccc2Cl)c(=O)c2ccccc12. The van der Waals surface area contributed by atoms with Gasteiger partial charge in [0.2, 0.25) is 5.88 Å². The second-order valence-electron chi connectivity index (χ2n) is 5.40. The number of nitrogens with zero attached hydrogens (tertiary/aromatic N) is 2. The molecular weight excluding hydrogens is 340 g/mol. The van der Waals surface area contributed by atoms with E-state index in [9.17, 15) is 9.90 Å². The van der Waals surface area contributed by atoms with Crippen LogP contribution in [-0.4, -0.2) is 36.1 Å². The highest BCUT2D eigenvalue weighted by Gasteiger charge is 2.17. The maximum Gasteiger partial charge on any atom is 0.265 e. The molecular formula is C19H17ClN2O3. The van der Waals surface area contributed by atoms with Crippen molar-refractivity contribution >= 4 is 28.6 Å². The number of ether oxygens (including phenoxy) is 1. The molecule has 0 saturated heterocycles. The van der Waals surface area contributed by atoms with Gasteiger partial charge in [0.15, 0.2) is 0 Å². The van der Waals surface area contributed by atoms with Gasteiger partial charge in [-0.15, -0.1) is 0 Å². The Morgan fingerprint density at radius 2 is 1.84 bits per heavy atom. The van der Waals surface area contributed by atoms with Gasteiger partial charge in [-0.3, -0.25) is 9.79 Å². The Morgan fingerprint density at radius 1 is 1.16 bits per heavy atom. The van der Waals surface area contributed by atoms with Crippen LogP contribution in [0, 0.1) is 0 Å². The van der Waals surface area contributed by atoms with Crippen molar-refractivity contribution in [1.82, 2.24) is 4.57 Å². The van der Waals surface area contributed by atoms with Crippen LogP contribution in [0.2, 0.25) is 5.02 Å². The van der Waals surface area contributed by atoms with Gasteiger partial charge in [-0.1, -0.05) is 41.9 Å². The maximum absolute atomic E-state index is 12.9. The zero-order chi connectivity index (χ0) is 17.8. The number of hydrogen-bond acceptors (Lipinski definition) is 4. The number of aliphatic imine (C=N–C) groups is 1. The molecule has 0 aliphatic rings. The molecule has 0 spiro atoms. The number of rotatable bonds is 5. The highest BCUT2D eigenvalue weighted by atomic mass is 35.5. The number of para-hydroxylation sites is 1. The summed E-state index contributed by atoms with van der Waals surface area (Å²) in [6.45, 7) is 0.925. The van der Waals surface area contributed by atoms with E-state index in [2.05, 4.69) is 4.99 Å². The molecule has 1 aromatic heterocycles. The van der Waals surface area contributed by atoms with Crippen molar-refractivity contribution in [3.63, 3.8) is 0 Å². The monoisotopic (exact) mass is 356 g/mol. The van der Waals surface area contributed by atoms with Crippen molar-refractivity contribution in [1.29, 1.82) is 0 Å². The van der Waals surface area contributed by atoms with Crippen LogP contribution < -0.4 is 5.56 Å². The van der Waals surface area contributed by atoms with Crippen LogP contribution in [0.3, 0.4) is 0 Å². The summed E-state index contributed by atoms with van der Waals surface area (Å²) >= 11 is 6.23. The van der Waals surface area contributed by atoms with Gasteiger partial charge in [0.25, 0.3) is 5.56 Å². The summed E-state index contributed by atoms with van der Waals surface area (Å²) in [4.78, 5) is 17.2. The minimum Gasteiger partial charge on any atom is -0.494 e. The normalized spacial score (nSPS) is 11.4. The number of hydrogen-bond donors (Lipinski definition) is 1. The molecule has 1 N–H and O–H groups in total. The number of aromatic nitrogens is 1. The van der Waals surface area contributed by atoms with E-state index in [0.29, 0.717) is 40.2 Å². The Hall–Kier alpha value is -2.63. The molecule has 0 unspecified atom stereocenters. The fourth-order valence-electron chi connectivity index (χ4n) is 2.65. The first-order chi connectivity index (χ1) is 12.1. The molecule has 5 nitrogen and oxygen atoms in total. The predicted molar refractivity (Wildman–Crippen MR) is 101 cm³/mol. The first kappa shape index (κ1) is 17.2. The first-order valence-corrected chi connectivity index (χ1v) is 8.13. The zero-order valence-electron chi connectivity index (χ0n) is 13.6. The molecule has 0 fully saturated rings. The summed E-state index contributed by atoms with van der Waals surface area (Å²) in [7, 11) is 1.60. The van der Waals surface area contributed by atoms with Crippen molar-refractivity contribution < 1.29 is 9.84 Å². The highest BCUT2D eigenvalue weighted by Crippen LogP contribution is 2.28. The molecule has 0 aliphatic heterocycles. The summed E-state index contributed by atoms with van der Waals surface area (Å²) in [5.74, 6) is -0.196. The van der Waals surface area contributed by atoms with Crippen LogP contribution in [0.5, 0.6) is 5.88 Å². The maximum atomic E-state index is 12.9. The average Bonchev–Trinajstić information content (AvgIpc) is 2.63. The average molecular weight is 357 g/mol. The van der Waals surface area contributed by atoms with Crippen LogP contribution in [0.1, 0.15) is 5.56 Å². The summed E-state index contributed by atoms with van der Waals surface area (Å²) in [6.07, 6.45) is 1.56. The van der Waals surface area contributed by atoms with Crippen LogP contribution in [0.15, 0.2) is 58.3 Å². The van der Waals surface area contributed by atoms with E-state index >= 15 is 0 Å². The molecule has 2 aromatic carbocycles. The van der Waals surface area contributed by atoms with Gasteiger partial charge in [0.05, 0.1) is 29.4 Å². The van der Waals surface area contributed by atoms with Gasteiger partial charge < -0.3 is 9.84 Å². The second-order valence-corrected chi connectivity index (χ2v) is 5.81. The van der Waals surface area contributed by atoms with Gasteiger partial charge in [-0.05, 0) is 18.2 Å². The number of pyridine rings is 1. The molecule has 3 aromatic rings. The summed E-state index contributed by atoms with van der Waals surface area (Å²) < 4.78 is 6.19. The van der Waals surface area contributed by atoms with Crippen molar-refractivity contribution in [3.05, 3.63) is 69.5 Å². The summed E-state index contributed by atoms with van der Waals surface area (Å²) in [6, 6.07) is 14.0. The molecule has 0 aliphatic carbocycles. The van der Waals surface area contributed by atoms with E-state index < -0.39 is 0 Å². The minimum atomic E-state index is -0.338. The third-order valence-corrected chi connectivity index (χ3v) is 4.16. The standard InChI is InChI=1S/C19H17ClN2O3/c1-25-11-10-21-12-15-13-6-2-3-7-14(13)18(23)22(19(15)24)17-9-5-4-8-16(17)20/h2-9,12,24H,10-11H2,1H3. The lowest BCUT2D eigenvalue weighted by Gasteiger charge is -2.14. The Bertz CT molecular complexity index is 996.